The van der Waals surface area contributed by atoms with Crippen molar-refractivity contribution in [2.45, 2.75) is 26.4 Å². The van der Waals surface area contributed by atoms with Gasteiger partial charge in [0.25, 0.3) is 0 Å². The van der Waals surface area contributed by atoms with Gasteiger partial charge in [0.1, 0.15) is 5.60 Å². The fourth-order valence-electron chi connectivity index (χ4n) is 1.89. The minimum Gasteiger partial charge on any atom is -0.443 e. The van der Waals surface area contributed by atoms with E-state index in [0.717, 1.165) is 5.39 Å². The Morgan fingerprint density at radius 1 is 1.26 bits per heavy atom. The lowest BCUT2D eigenvalue weighted by Crippen LogP contribution is -2.33. The van der Waals surface area contributed by atoms with Crippen LogP contribution < -0.4 is 5.46 Å². The topological polar surface area (TPSA) is 71.7 Å². The third-order valence-electron chi connectivity index (χ3n) is 2.61. The van der Waals surface area contributed by atoms with E-state index >= 15 is 0 Å². The van der Waals surface area contributed by atoms with Crippen LogP contribution in [0.3, 0.4) is 0 Å². The molecule has 0 radical (unpaired) electrons. The molecular formula is C13H16BNO4. The van der Waals surface area contributed by atoms with E-state index in [0.29, 0.717) is 5.52 Å². The van der Waals surface area contributed by atoms with E-state index in [4.69, 9.17) is 4.74 Å². The van der Waals surface area contributed by atoms with Crippen LogP contribution in [0.5, 0.6) is 0 Å². The number of rotatable bonds is 1. The van der Waals surface area contributed by atoms with E-state index in [1.54, 1.807) is 51.2 Å². The first-order valence-corrected chi connectivity index (χ1v) is 5.99. The highest BCUT2D eigenvalue weighted by Crippen LogP contribution is 2.16. The Bertz CT molecular complexity index is 613. The zero-order chi connectivity index (χ0) is 14.2. The van der Waals surface area contributed by atoms with Crippen molar-refractivity contribution < 1.29 is 19.6 Å². The van der Waals surface area contributed by atoms with Gasteiger partial charge in [-0.05, 0) is 32.2 Å². The third kappa shape index (κ3) is 2.80. The van der Waals surface area contributed by atoms with Crippen molar-refractivity contribution in [3.63, 3.8) is 0 Å². The first-order valence-electron chi connectivity index (χ1n) is 5.99. The van der Waals surface area contributed by atoms with Gasteiger partial charge in [-0.2, -0.15) is 0 Å². The van der Waals surface area contributed by atoms with Crippen molar-refractivity contribution in [3.05, 3.63) is 30.5 Å². The summed E-state index contributed by atoms with van der Waals surface area (Å²) >= 11 is 0. The molecule has 0 unspecified atom stereocenters. The molecule has 0 aliphatic carbocycles. The zero-order valence-electron chi connectivity index (χ0n) is 11.1. The highest BCUT2D eigenvalue weighted by Gasteiger charge is 2.23. The molecular weight excluding hydrogens is 245 g/mol. The van der Waals surface area contributed by atoms with Gasteiger partial charge in [0, 0.05) is 11.7 Å². The van der Waals surface area contributed by atoms with Gasteiger partial charge >= 0.3 is 13.2 Å². The van der Waals surface area contributed by atoms with E-state index in [-0.39, 0.29) is 5.46 Å². The molecule has 1 heterocycles. The van der Waals surface area contributed by atoms with Crippen LogP contribution in [0.4, 0.5) is 4.79 Å². The molecule has 1 aromatic heterocycles. The highest BCUT2D eigenvalue weighted by molar-refractivity contribution is 6.61. The van der Waals surface area contributed by atoms with E-state index in [1.165, 1.54) is 4.57 Å². The summed E-state index contributed by atoms with van der Waals surface area (Å²) in [4.78, 5) is 12.1. The van der Waals surface area contributed by atoms with Crippen molar-refractivity contribution in [2.75, 3.05) is 0 Å². The number of benzene rings is 1. The molecule has 0 atom stereocenters. The van der Waals surface area contributed by atoms with Gasteiger partial charge in [-0.3, -0.25) is 4.57 Å². The normalized spacial score (nSPS) is 11.6. The van der Waals surface area contributed by atoms with Crippen LogP contribution in [0, 0.1) is 0 Å². The van der Waals surface area contributed by atoms with Gasteiger partial charge in [0.2, 0.25) is 0 Å². The lowest BCUT2D eigenvalue weighted by atomic mass is 9.79. The number of para-hydroxylation sites is 1. The van der Waals surface area contributed by atoms with Gasteiger partial charge < -0.3 is 14.8 Å². The molecule has 0 aliphatic heterocycles. The summed E-state index contributed by atoms with van der Waals surface area (Å²) in [5.74, 6) is 0. The Kier molecular flexibility index (Phi) is 3.39. The highest BCUT2D eigenvalue weighted by atomic mass is 16.6. The van der Waals surface area contributed by atoms with Crippen molar-refractivity contribution in [2.24, 2.45) is 0 Å². The molecule has 0 saturated heterocycles. The Morgan fingerprint density at radius 2 is 1.95 bits per heavy atom. The monoisotopic (exact) mass is 261 g/mol. The molecule has 100 valence electrons. The van der Waals surface area contributed by atoms with Crippen LogP contribution in [-0.2, 0) is 4.74 Å². The summed E-state index contributed by atoms with van der Waals surface area (Å²) in [5, 5.41) is 19.5. The maximum atomic E-state index is 12.1. The van der Waals surface area contributed by atoms with Crippen LogP contribution in [0.15, 0.2) is 30.5 Å². The van der Waals surface area contributed by atoms with Gasteiger partial charge in [0.05, 0.1) is 5.52 Å². The van der Waals surface area contributed by atoms with Gasteiger partial charge in [-0.1, -0.05) is 18.2 Å². The van der Waals surface area contributed by atoms with Crippen molar-refractivity contribution in [1.82, 2.24) is 4.57 Å². The number of carbonyl (C=O) groups excluding carboxylic acids is 1. The minimum absolute atomic E-state index is 0.272. The second kappa shape index (κ2) is 4.72. The summed E-state index contributed by atoms with van der Waals surface area (Å²) in [5.41, 5.74) is 0.112. The number of carbonyl (C=O) groups is 1. The van der Waals surface area contributed by atoms with Crippen LogP contribution >= 0.6 is 0 Å². The maximum Gasteiger partial charge on any atom is 0.490 e. The molecule has 6 heteroatoms. The standard InChI is InChI=1S/C13H16BNO4/c1-13(2,3)19-12(16)15-8-7-9-5-4-6-10(11(9)15)14(17)18/h4-8,17-18H,1-3H3. The Balaban J connectivity index is 2.53. The Hall–Kier alpha value is -1.79. The second-order valence-corrected chi connectivity index (χ2v) is 5.32. The number of nitrogens with zero attached hydrogens (tertiary/aromatic N) is 1. The van der Waals surface area contributed by atoms with Crippen molar-refractivity contribution in [3.8, 4) is 0 Å². The summed E-state index contributed by atoms with van der Waals surface area (Å²) in [6.07, 6.45) is 1.01. The Labute approximate surface area is 111 Å². The number of hydrogen-bond acceptors (Lipinski definition) is 4. The number of aromatic nitrogens is 1. The summed E-state index contributed by atoms with van der Waals surface area (Å²) < 4.78 is 6.57. The molecule has 0 amide bonds. The molecule has 1 aromatic carbocycles. The average molecular weight is 261 g/mol. The molecule has 2 N–H and O–H groups in total. The molecule has 0 spiro atoms. The summed E-state index contributed by atoms with van der Waals surface area (Å²) in [6, 6.07) is 6.79. The average Bonchev–Trinajstić information content (AvgIpc) is 2.69. The second-order valence-electron chi connectivity index (χ2n) is 5.32. The largest absolute Gasteiger partial charge is 0.490 e. The molecule has 5 nitrogen and oxygen atoms in total. The van der Waals surface area contributed by atoms with E-state index in [9.17, 15) is 14.8 Å². The molecule has 2 rings (SSSR count). The van der Waals surface area contributed by atoms with Gasteiger partial charge in [0.15, 0.2) is 0 Å². The lowest BCUT2D eigenvalue weighted by Gasteiger charge is -2.20. The van der Waals surface area contributed by atoms with Crippen molar-refractivity contribution in [1.29, 1.82) is 0 Å². The summed E-state index contributed by atoms with van der Waals surface area (Å²) in [6.45, 7) is 5.33. The predicted molar refractivity (Wildman–Crippen MR) is 73.4 cm³/mol. The van der Waals surface area contributed by atoms with Gasteiger partial charge in [-0.25, -0.2) is 4.79 Å². The van der Waals surface area contributed by atoms with Crippen LogP contribution in [-0.4, -0.2) is 33.4 Å². The first kappa shape index (κ1) is 13.6. The molecule has 19 heavy (non-hydrogen) atoms. The molecule has 0 saturated carbocycles. The number of hydrogen-bond donors (Lipinski definition) is 2. The van der Waals surface area contributed by atoms with Crippen molar-refractivity contribution >= 4 is 29.6 Å². The zero-order valence-corrected chi connectivity index (χ0v) is 11.1. The maximum absolute atomic E-state index is 12.1. The van der Waals surface area contributed by atoms with E-state index < -0.39 is 18.8 Å². The van der Waals surface area contributed by atoms with Crippen LogP contribution in [0.1, 0.15) is 20.8 Å². The molecule has 0 fully saturated rings. The van der Waals surface area contributed by atoms with E-state index in [2.05, 4.69) is 0 Å². The smallest absolute Gasteiger partial charge is 0.443 e. The van der Waals surface area contributed by atoms with Gasteiger partial charge in [-0.15, -0.1) is 0 Å². The third-order valence-corrected chi connectivity index (χ3v) is 2.61. The number of fused-ring (bicyclic) bond motifs is 1. The lowest BCUT2D eigenvalue weighted by molar-refractivity contribution is 0.0544. The molecule has 0 bridgehead atoms. The predicted octanol–water partition coefficient (Wildman–Crippen LogP) is 1.10. The minimum atomic E-state index is -1.64. The Morgan fingerprint density at radius 3 is 2.53 bits per heavy atom. The molecule has 0 aliphatic rings. The number of ether oxygens (including phenoxy) is 1. The summed E-state index contributed by atoms with van der Waals surface area (Å²) in [7, 11) is -1.64. The van der Waals surface area contributed by atoms with E-state index in [1.807, 2.05) is 0 Å². The molecule has 2 aromatic rings. The quantitative estimate of drug-likeness (QED) is 0.754. The SMILES string of the molecule is CC(C)(C)OC(=O)n1ccc2cccc(B(O)O)c21. The van der Waals surface area contributed by atoms with Crippen LogP contribution in [0.2, 0.25) is 0 Å². The first-order chi connectivity index (χ1) is 8.79. The fraction of sp³-hybridized carbons (Fsp3) is 0.308. The van der Waals surface area contributed by atoms with Crippen LogP contribution in [0.25, 0.3) is 10.9 Å². The fourth-order valence-corrected chi connectivity index (χ4v) is 1.89.